The number of carbonyl (C=O) groups excluding carboxylic acids is 1. The standard InChI is InChI=1S/C15H29N3O2.2ClH/c1-12-10-18(11-13(2)20-12)8-4-3-6-17-15(19)14-5-7-16-9-14;;/h12-14,16H,3-11H2,1-2H3,(H,17,19);2*1H. The maximum absolute atomic E-state index is 11.8. The first-order valence-electron chi connectivity index (χ1n) is 8.01. The molecule has 22 heavy (non-hydrogen) atoms. The number of amides is 1. The number of rotatable bonds is 6. The highest BCUT2D eigenvalue weighted by Crippen LogP contribution is 2.11. The van der Waals surface area contributed by atoms with Gasteiger partial charge in [-0.25, -0.2) is 0 Å². The predicted octanol–water partition coefficient (Wildman–Crippen LogP) is 1.45. The van der Waals surface area contributed by atoms with Gasteiger partial charge >= 0.3 is 0 Å². The minimum Gasteiger partial charge on any atom is -0.373 e. The van der Waals surface area contributed by atoms with Gasteiger partial charge in [-0.2, -0.15) is 0 Å². The summed E-state index contributed by atoms with van der Waals surface area (Å²) in [5.41, 5.74) is 0. The average Bonchev–Trinajstić information content (AvgIpc) is 2.90. The zero-order valence-electron chi connectivity index (χ0n) is 13.7. The van der Waals surface area contributed by atoms with Crippen LogP contribution in [0.1, 0.15) is 33.1 Å². The van der Waals surface area contributed by atoms with Gasteiger partial charge in [0.05, 0.1) is 18.1 Å². The maximum Gasteiger partial charge on any atom is 0.224 e. The Labute approximate surface area is 146 Å². The highest BCUT2D eigenvalue weighted by Gasteiger charge is 2.22. The van der Waals surface area contributed by atoms with Gasteiger partial charge in [-0.1, -0.05) is 0 Å². The minimum absolute atomic E-state index is 0. The molecule has 5 nitrogen and oxygen atoms in total. The number of carbonyl (C=O) groups is 1. The smallest absolute Gasteiger partial charge is 0.224 e. The van der Waals surface area contributed by atoms with Crippen LogP contribution in [-0.2, 0) is 9.53 Å². The van der Waals surface area contributed by atoms with E-state index < -0.39 is 0 Å². The van der Waals surface area contributed by atoms with Crippen molar-refractivity contribution < 1.29 is 9.53 Å². The fourth-order valence-electron chi connectivity index (χ4n) is 3.16. The number of nitrogens with one attached hydrogen (secondary N) is 2. The predicted molar refractivity (Wildman–Crippen MR) is 94.2 cm³/mol. The average molecular weight is 356 g/mol. The van der Waals surface area contributed by atoms with Crippen molar-refractivity contribution in [1.82, 2.24) is 15.5 Å². The molecule has 2 aliphatic heterocycles. The molecular weight excluding hydrogens is 325 g/mol. The summed E-state index contributed by atoms with van der Waals surface area (Å²) in [5.74, 6) is 0.416. The van der Waals surface area contributed by atoms with Gasteiger partial charge in [0.15, 0.2) is 0 Å². The SMILES string of the molecule is CC1CN(CCCCNC(=O)C2CCNC2)CC(C)O1.Cl.Cl. The molecule has 0 bridgehead atoms. The number of unbranched alkanes of at least 4 members (excludes halogenated alkanes) is 1. The van der Waals surface area contributed by atoms with E-state index >= 15 is 0 Å². The Morgan fingerprint density at radius 3 is 2.50 bits per heavy atom. The number of ether oxygens (including phenoxy) is 1. The van der Waals surface area contributed by atoms with Crippen LogP contribution in [0.25, 0.3) is 0 Å². The quantitative estimate of drug-likeness (QED) is 0.708. The normalized spacial score (nSPS) is 28.5. The molecule has 132 valence electrons. The van der Waals surface area contributed by atoms with E-state index in [1.54, 1.807) is 0 Å². The van der Waals surface area contributed by atoms with Gasteiger partial charge in [0, 0.05) is 26.2 Å². The molecule has 3 unspecified atom stereocenters. The minimum atomic E-state index is 0. The van der Waals surface area contributed by atoms with Crippen molar-refractivity contribution in [3.63, 3.8) is 0 Å². The molecule has 0 aromatic rings. The third-order valence-corrected chi connectivity index (χ3v) is 4.13. The van der Waals surface area contributed by atoms with Crippen LogP contribution in [0, 0.1) is 5.92 Å². The third kappa shape index (κ3) is 7.47. The van der Waals surface area contributed by atoms with Crippen LogP contribution < -0.4 is 10.6 Å². The summed E-state index contributed by atoms with van der Waals surface area (Å²) in [6.07, 6.45) is 3.87. The summed E-state index contributed by atoms with van der Waals surface area (Å²) in [5, 5.41) is 6.28. The van der Waals surface area contributed by atoms with Crippen molar-refractivity contribution in [1.29, 1.82) is 0 Å². The molecule has 2 fully saturated rings. The monoisotopic (exact) mass is 355 g/mol. The summed E-state index contributed by atoms with van der Waals surface area (Å²) in [6, 6.07) is 0. The molecule has 0 spiro atoms. The number of hydrogen-bond acceptors (Lipinski definition) is 4. The molecule has 2 N–H and O–H groups in total. The molecule has 2 rings (SSSR count). The van der Waals surface area contributed by atoms with Gasteiger partial charge in [-0.3, -0.25) is 9.69 Å². The van der Waals surface area contributed by atoms with Crippen LogP contribution in [0.3, 0.4) is 0 Å². The van der Waals surface area contributed by atoms with E-state index in [0.29, 0.717) is 12.2 Å². The Kier molecular flexibility index (Phi) is 11.4. The zero-order valence-corrected chi connectivity index (χ0v) is 15.3. The lowest BCUT2D eigenvalue weighted by atomic mass is 10.1. The first-order chi connectivity index (χ1) is 9.65. The van der Waals surface area contributed by atoms with Crippen LogP contribution >= 0.6 is 24.8 Å². The molecule has 2 saturated heterocycles. The number of halogens is 2. The van der Waals surface area contributed by atoms with Crippen molar-refractivity contribution in [2.45, 2.75) is 45.3 Å². The second-order valence-corrected chi connectivity index (χ2v) is 6.20. The molecular formula is C15H31Cl2N3O2. The molecule has 2 heterocycles. The third-order valence-electron chi connectivity index (χ3n) is 4.13. The van der Waals surface area contributed by atoms with Crippen molar-refractivity contribution in [3.05, 3.63) is 0 Å². The van der Waals surface area contributed by atoms with Crippen molar-refractivity contribution >= 4 is 30.7 Å². The second-order valence-electron chi connectivity index (χ2n) is 6.20. The Hall–Kier alpha value is -0.0700. The van der Waals surface area contributed by atoms with Crippen LogP contribution in [0.4, 0.5) is 0 Å². The Balaban J connectivity index is 0.00000220. The van der Waals surface area contributed by atoms with E-state index in [0.717, 1.165) is 58.5 Å². The molecule has 7 heteroatoms. The Morgan fingerprint density at radius 2 is 1.91 bits per heavy atom. The summed E-state index contributed by atoms with van der Waals surface area (Å²) < 4.78 is 5.73. The molecule has 3 atom stereocenters. The van der Waals surface area contributed by atoms with Gasteiger partial charge in [-0.15, -0.1) is 24.8 Å². The summed E-state index contributed by atoms with van der Waals surface area (Å²) >= 11 is 0. The van der Waals surface area contributed by atoms with Gasteiger partial charge in [0.1, 0.15) is 0 Å². The maximum atomic E-state index is 11.8. The van der Waals surface area contributed by atoms with E-state index in [9.17, 15) is 4.79 Å². The van der Waals surface area contributed by atoms with Crippen molar-refractivity contribution in [2.75, 3.05) is 39.3 Å². The fourth-order valence-corrected chi connectivity index (χ4v) is 3.16. The van der Waals surface area contributed by atoms with Gasteiger partial charge in [-0.05, 0) is 46.2 Å². The lowest BCUT2D eigenvalue weighted by Gasteiger charge is -2.35. The Morgan fingerprint density at radius 1 is 1.23 bits per heavy atom. The van der Waals surface area contributed by atoms with E-state index in [-0.39, 0.29) is 36.6 Å². The van der Waals surface area contributed by atoms with Crippen LogP contribution in [0.2, 0.25) is 0 Å². The Bertz CT molecular complexity index is 305. The molecule has 2 aliphatic rings. The second kappa shape index (κ2) is 11.5. The topological polar surface area (TPSA) is 53.6 Å². The van der Waals surface area contributed by atoms with Crippen LogP contribution in [-0.4, -0.2) is 62.3 Å². The van der Waals surface area contributed by atoms with Crippen molar-refractivity contribution in [2.24, 2.45) is 5.92 Å². The first-order valence-corrected chi connectivity index (χ1v) is 8.01. The number of nitrogens with zero attached hydrogens (tertiary/aromatic N) is 1. The van der Waals surface area contributed by atoms with Gasteiger partial charge in [0.2, 0.25) is 5.91 Å². The van der Waals surface area contributed by atoms with E-state index in [2.05, 4.69) is 29.4 Å². The van der Waals surface area contributed by atoms with Gasteiger partial charge < -0.3 is 15.4 Å². The summed E-state index contributed by atoms with van der Waals surface area (Å²) in [7, 11) is 0. The van der Waals surface area contributed by atoms with Crippen molar-refractivity contribution in [3.8, 4) is 0 Å². The highest BCUT2D eigenvalue weighted by atomic mass is 35.5. The molecule has 0 aromatic carbocycles. The molecule has 1 amide bonds. The molecule has 0 aromatic heterocycles. The summed E-state index contributed by atoms with van der Waals surface area (Å²) in [4.78, 5) is 14.3. The van der Waals surface area contributed by atoms with Crippen LogP contribution in [0.15, 0.2) is 0 Å². The van der Waals surface area contributed by atoms with Gasteiger partial charge in [0.25, 0.3) is 0 Å². The zero-order chi connectivity index (χ0) is 14.4. The first kappa shape index (κ1) is 21.9. The molecule has 0 saturated carbocycles. The summed E-state index contributed by atoms with van der Waals surface area (Å²) in [6.45, 7) is 10.1. The van der Waals surface area contributed by atoms with E-state index in [4.69, 9.17) is 4.74 Å². The lowest BCUT2D eigenvalue weighted by molar-refractivity contribution is -0.124. The highest BCUT2D eigenvalue weighted by molar-refractivity contribution is 5.85. The molecule has 0 radical (unpaired) electrons. The lowest BCUT2D eigenvalue weighted by Crippen LogP contribution is -2.45. The molecule has 0 aliphatic carbocycles. The fraction of sp³-hybridized carbons (Fsp3) is 0.933. The number of hydrogen-bond donors (Lipinski definition) is 2. The number of morpholine rings is 1. The van der Waals surface area contributed by atoms with E-state index in [1.807, 2.05) is 0 Å². The largest absolute Gasteiger partial charge is 0.373 e. The van der Waals surface area contributed by atoms with Crippen LogP contribution in [0.5, 0.6) is 0 Å². The van der Waals surface area contributed by atoms with E-state index in [1.165, 1.54) is 0 Å².